The van der Waals surface area contributed by atoms with E-state index in [1.807, 2.05) is 0 Å². The zero-order valence-corrected chi connectivity index (χ0v) is 12.4. The van der Waals surface area contributed by atoms with Crippen LogP contribution in [-0.4, -0.2) is 11.6 Å². The smallest absolute Gasteiger partial charge is 0.333 e. The van der Waals surface area contributed by atoms with Crippen molar-refractivity contribution in [2.75, 3.05) is 0 Å². The Labute approximate surface area is 120 Å². The number of hydrogen-bond acceptors (Lipinski definition) is 2. The van der Waals surface area contributed by atoms with Crippen LogP contribution >= 0.6 is 0 Å². The Morgan fingerprint density at radius 3 is 2.10 bits per heavy atom. The van der Waals surface area contributed by atoms with Gasteiger partial charge >= 0.3 is 5.97 Å². The van der Waals surface area contributed by atoms with Gasteiger partial charge in [-0.05, 0) is 56.3 Å². The molecule has 108 valence electrons. The van der Waals surface area contributed by atoms with Crippen molar-refractivity contribution in [2.24, 2.45) is 28.6 Å². The summed E-state index contributed by atoms with van der Waals surface area (Å²) in [6.45, 7) is 5.58. The molecular formula is C18H24O2. The van der Waals surface area contributed by atoms with E-state index in [4.69, 9.17) is 4.74 Å². The average Bonchev–Trinajstić information content (AvgIpc) is 3.02. The summed E-state index contributed by atoms with van der Waals surface area (Å²) in [4.78, 5) is 12.2. The molecule has 2 heteroatoms. The first-order chi connectivity index (χ1) is 9.58. The summed E-state index contributed by atoms with van der Waals surface area (Å²) in [5, 5.41) is 0. The number of fused-ring (bicyclic) bond motifs is 2. The van der Waals surface area contributed by atoms with Gasteiger partial charge in [0.2, 0.25) is 0 Å². The second kappa shape index (κ2) is 3.18. The van der Waals surface area contributed by atoms with Gasteiger partial charge < -0.3 is 4.74 Å². The van der Waals surface area contributed by atoms with Crippen LogP contribution in [0.3, 0.4) is 0 Å². The van der Waals surface area contributed by atoms with Crippen molar-refractivity contribution >= 4 is 5.97 Å². The van der Waals surface area contributed by atoms with Crippen molar-refractivity contribution in [3.63, 3.8) is 0 Å². The first-order valence-corrected chi connectivity index (χ1v) is 8.47. The zero-order valence-electron chi connectivity index (χ0n) is 12.4. The number of ether oxygens (including phenoxy) is 1. The normalized spacial score (nSPS) is 57.1. The largest absolute Gasteiger partial charge is 0.455 e. The van der Waals surface area contributed by atoms with E-state index in [-0.39, 0.29) is 11.6 Å². The van der Waals surface area contributed by atoms with E-state index in [1.165, 1.54) is 51.4 Å². The molecule has 0 aromatic rings. The molecule has 5 aliphatic rings. The molecular weight excluding hydrogens is 248 g/mol. The molecule has 20 heavy (non-hydrogen) atoms. The van der Waals surface area contributed by atoms with Gasteiger partial charge in [-0.2, -0.15) is 0 Å². The molecule has 5 saturated carbocycles. The van der Waals surface area contributed by atoms with Gasteiger partial charge in [0.15, 0.2) is 0 Å². The summed E-state index contributed by atoms with van der Waals surface area (Å²) in [6.07, 6.45) is 11.0. The summed E-state index contributed by atoms with van der Waals surface area (Å²) in [7, 11) is 0. The predicted octanol–water partition coefficient (Wildman–Crippen LogP) is 3.85. The predicted molar refractivity (Wildman–Crippen MR) is 75.9 cm³/mol. The van der Waals surface area contributed by atoms with Gasteiger partial charge in [-0.25, -0.2) is 4.79 Å². The molecule has 4 atom stereocenters. The van der Waals surface area contributed by atoms with E-state index in [0.29, 0.717) is 34.2 Å². The SMILES string of the molecule is C=C(C)C(=O)OC12C3CCCC34CCC3(CCCC31)C42. The quantitative estimate of drug-likeness (QED) is 0.563. The average molecular weight is 272 g/mol. The van der Waals surface area contributed by atoms with Crippen LogP contribution in [0.15, 0.2) is 12.2 Å². The van der Waals surface area contributed by atoms with Crippen LogP contribution in [0.2, 0.25) is 0 Å². The highest BCUT2D eigenvalue weighted by Gasteiger charge is 2.92. The van der Waals surface area contributed by atoms with Crippen molar-refractivity contribution < 1.29 is 9.53 Å². The number of rotatable bonds is 2. The third-order valence-corrected chi connectivity index (χ3v) is 8.02. The molecule has 0 saturated heterocycles. The fraction of sp³-hybridized carbons (Fsp3) is 0.833. The molecule has 0 aliphatic heterocycles. The number of hydrogen-bond donors (Lipinski definition) is 0. The number of carbonyl (C=O) groups excluding carboxylic acids is 1. The molecule has 5 rings (SSSR count). The van der Waals surface area contributed by atoms with Gasteiger partial charge in [-0.15, -0.1) is 0 Å². The minimum absolute atomic E-state index is 0.0560. The van der Waals surface area contributed by atoms with Gasteiger partial charge in [0, 0.05) is 23.3 Å². The molecule has 0 bridgehead atoms. The molecule has 0 heterocycles. The Bertz CT molecular complexity index is 506. The minimum Gasteiger partial charge on any atom is -0.455 e. The molecule has 0 radical (unpaired) electrons. The lowest BCUT2D eigenvalue weighted by Gasteiger charge is -2.78. The van der Waals surface area contributed by atoms with Crippen LogP contribution in [0, 0.1) is 28.6 Å². The minimum atomic E-state index is -0.127. The molecule has 4 unspecified atom stereocenters. The van der Waals surface area contributed by atoms with Crippen LogP contribution in [0.1, 0.15) is 58.3 Å². The van der Waals surface area contributed by atoms with Crippen molar-refractivity contribution in [3.05, 3.63) is 12.2 Å². The molecule has 0 amide bonds. The Morgan fingerprint density at radius 1 is 1.05 bits per heavy atom. The van der Waals surface area contributed by atoms with Gasteiger partial charge in [-0.1, -0.05) is 19.4 Å². The molecule has 5 fully saturated rings. The first kappa shape index (κ1) is 11.8. The van der Waals surface area contributed by atoms with Crippen molar-refractivity contribution in [1.29, 1.82) is 0 Å². The fourth-order valence-electron chi connectivity index (χ4n) is 7.96. The number of esters is 1. The highest BCUT2D eigenvalue weighted by molar-refractivity contribution is 5.87. The standard InChI is InChI=1S/C18H24O2/c1-11(2)14(19)20-18-12-5-3-7-16(12)9-10-17(15(16)18)8-4-6-13(17)18/h12-13,15H,1,3-10H2,2H3. The van der Waals surface area contributed by atoms with Crippen LogP contribution in [0.5, 0.6) is 0 Å². The van der Waals surface area contributed by atoms with E-state index >= 15 is 0 Å². The maximum Gasteiger partial charge on any atom is 0.333 e. The zero-order chi connectivity index (χ0) is 13.8. The van der Waals surface area contributed by atoms with E-state index in [0.717, 1.165) is 0 Å². The maximum absolute atomic E-state index is 12.2. The Hall–Kier alpha value is -0.790. The van der Waals surface area contributed by atoms with E-state index in [9.17, 15) is 4.79 Å². The Balaban J connectivity index is 1.59. The number of carbonyl (C=O) groups is 1. The lowest BCUT2D eigenvalue weighted by Crippen LogP contribution is -2.82. The summed E-state index contributed by atoms with van der Waals surface area (Å²) in [6, 6.07) is 0. The van der Waals surface area contributed by atoms with E-state index in [1.54, 1.807) is 6.92 Å². The van der Waals surface area contributed by atoms with Crippen molar-refractivity contribution in [3.8, 4) is 0 Å². The molecule has 0 N–H and O–H groups in total. The van der Waals surface area contributed by atoms with E-state index < -0.39 is 0 Å². The highest BCUT2D eigenvalue weighted by atomic mass is 16.6. The summed E-state index contributed by atoms with van der Waals surface area (Å²) in [5.74, 6) is 1.95. The maximum atomic E-state index is 12.2. The van der Waals surface area contributed by atoms with Gasteiger partial charge in [0.25, 0.3) is 0 Å². The Kier molecular flexibility index (Phi) is 1.88. The summed E-state index contributed by atoms with van der Waals surface area (Å²) in [5.41, 5.74) is 1.68. The molecule has 0 aromatic heterocycles. The van der Waals surface area contributed by atoms with Crippen molar-refractivity contribution in [2.45, 2.75) is 63.9 Å². The molecule has 5 aliphatic carbocycles. The van der Waals surface area contributed by atoms with Gasteiger partial charge in [0.05, 0.1) is 0 Å². The monoisotopic (exact) mass is 272 g/mol. The van der Waals surface area contributed by atoms with Gasteiger partial charge in [0.1, 0.15) is 5.60 Å². The molecule has 0 aromatic carbocycles. The first-order valence-electron chi connectivity index (χ1n) is 8.47. The lowest BCUT2D eigenvalue weighted by atomic mass is 9.29. The molecule has 2 spiro atoms. The third kappa shape index (κ3) is 0.892. The fourth-order valence-corrected chi connectivity index (χ4v) is 7.96. The van der Waals surface area contributed by atoms with Crippen LogP contribution < -0.4 is 0 Å². The van der Waals surface area contributed by atoms with Crippen LogP contribution in [0.25, 0.3) is 0 Å². The summed E-state index contributed by atoms with van der Waals surface area (Å²) < 4.78 is 6.19. The summed E-state index contributed by atoms with van der Waals surface area (Å²) >= 11 is 0. The van der Waals surface area contributed by atoms with Gasteiger partial charge in [-0.3, -0.25) is 0 Å². The van der Waals surface area contributed by atoms with Crippen molar-refractivity contribution in [1.82, 2.24) is 0 Å². The second-order valence-electron chi connectivity index (χ2n) is 8.31. The second-order valence-corrected chi connectivity index (χ2v) is 8.31. The Morgan fingerprint density at radius 2 is 1.60 bits per heavy atom. The molecule has 2 nitrogen and oxygen atoms in total. The lowest BCUT2D eigenvalue weighted by molar-refractivity contribution is -0.368. The topological polar surface area (TPSA) is 26.3 Å². The highest BCUT2D eigenvalue weighted by Crippen LogP contribution is 2.91. The van der Waals surface area contributed by atoms with Crippen LogP contribution in [0.4, 0.5) is 0 Å². The van der Waals surface area contributed by atoms with Crippen LogP contribution in [-0.2, 0) is 9.53 Å². The van der Waals surface area contributed by atoms with E-state index in [2.05, 4.69) is 6.58 Å². The third-order valence-electron chi connectivity index (χ3n) is 8.02.